The summed E-state index contributed by atoms with van der Waals surface area (Å²) in [5.41, 5.74) is 0.744. The van der Waals surface area contributed by atoms with Gasteiger partial charge in [0.2, 0.25) is 11.8 Å². The summed E-state index contributed by atoms with van der Waals surface area (Å²) in [5.74, 6) is -0.0775. The van der Waals surface area contributed by atoms with Gasteiger partial charge in [-0.2, -0.15) is 0 Å². The van der Waals surface area contributed by atoms with Crippen molar-refractivity contribution in [1.82, 2.24) is 4.90 Å². The molecule has 0 aliphatic carbocycles. The molecule has 0 spiro atoms. The van der Waals surface area contributed by atoms with Gasteiger partial charge in [-0.05, 0) is 25.0 Å². The van der Waals surface area contributed by atoms with Gasteiger partial charge in [-0.1, -0.05) is 6.07 Å². The fourth-order valence-corrected chi connectivity index (χ4v) is 3.66. The second kappa shape index (κ2) is 7.76. The van der Waals surface area contributed by atoms with Crippen LogP contribution in [-0.2, 0) is 19.1 Å². The van der Waals surface area contributed by atoms with Crippen LogP contribution in [0, 0.1) is 11.8 Å². The van der Waals surface area contributed by atoms with Crippen molar-refractivity contribution in [2.24, 2.45) is 11.8 Å². The quantitative estimate of drug-likeness (QED) is 0.760. The smallest absolute Gasteiger partial charge is 0.308 e. The Morgan fingerprint density at radius 2 is 1.85 bits per heavy atom. The molecular formula is C19H24N2O5. The van der Waals surface area contributed by atoms with Gasteiger partial charge in [-0.15, -0.1) is 0 Å². The van der Waals surface area contributed by atoms with E-state index in [-0.39, 0.29) is 36.0 Å². The Morgan fingerprint density at radius 3 is 2.50 bits per heavy atom. The zero-order valence-corrected chi connectivity index (χ0v) is 15.1. The van der Waals surface area contributed by atoms with Crippen LogP contribution in [0.15, 0.2) is 24.3 Å². The highest BCUT2D eigenvalue weighted by Gasteiger charge is 2.38. The van der Waals surface area contributed by atoms with Crippen molar-refractivity contribution in [3.05, 3.63) is 24.3 Å². The van der Waals surface area contributed by atoms with Crippen LogP contribution in [0.5, 0.6) is 5.75 Å². The maximum absolute atomic E-state index is 12.8. The fourth-order valence-electron chi connectivity index (χ4n) is 3.66. The van der Waals surface area contributed by atoms with E-state index in [4.69, 9.17) is 9.47 Å². The van der Waals surface area contributed by atoms with Gasteiger partial charge in [0.15, 0.2) is 0 Å². The molecule has 0 aromatic heterocycles. The Hall–Kier alpha value is -2.57. The third-order valence-corrected chi connectivity index (χ3v) is 5.18. The van der Waals surface area contributed by atoms with E-state index in [1.807, 2.05) is 18.2 Å². The highest BCUT2D eigenvalue weighted by molar-refractivity contribution is 6.00. The molecule has 1 aromatic rings. The number of benzene rings is 1. The van der Waals surface area contributed by atoms with Crippen LogP contribution in [0.25, 0.3) is 0 Å². The molecule has 7 heteroatoms. The number of amides is 2. The van der Waals surface area contributed by atoms with Crippen molar-refractivity contribution in [2.45, 2.75) is 19.3 Å². The lowest BCUT2D eigenvalue weighted by molar-refractivity contribution is -0.149. The molecule has 0 N–H and O–H groups in total. The first-order valence-electron chi connectivity index (χ1n) is 8.84. The predicted molar refractivity (Wildman–Crippen MR) is 94.8 cm³/mol. The maximum Gasteiger partial charge on any atom is 0.308 e. The number of anilines is 1. The number of esters is 1. The van der Waals surface area contributed by atoms with E-state index in [1.54, 1.807) is 23.0 Å². The Bertz CT molecular complexity index is 697. The van der Waals surface area contributed by atoms with E-state index in [9.17, 15) is 14.4 Å². The van der Waals surface area contributed by atoms with Crippen molar-refractivity contribution < 1.29 is 23.9 Å². The average Bonchev–Trinajstić information content (AvgIpc) is 3.08. The summed E-state index contributed by atoms with van der Waals surface area (Å²) < 4.78 is 9.98. The van der Waals surface area contributed by atoms with E-state index in [2.05, 4.69) is 0 Å². The molecular weight excluding hydrogens is 336 g/mol. The van der Waals surface area contributed by atoms with Crippen LogP contribution in [0.2, 0.25) is 0 Å². The fraction of sp³-hybridized carbons (Fsp3) is 0.526. The number of piperidine rings is 1. The van der Waals surface area contributed by atoms with E-state index in [0.717, 1.165) is 5.69 Å². The maximum atomic E-state index is 12.8. The summed E-state index contributed by atoms with van der Waals surface area (Å²) in [6.07, 6.45) is 1.43. The molecule has 2 saturated heterocycles. The molecule has 2 fully saturated rings. The van der Waals surface area contributed by atoms with Gasteiger partial charge < -0.3 is 19.3 Å². The highest BCUT2D eigenvalue weighted by Crippen LogP contribution is 2.30. The van der Waals surface area contributed by atoms with Crippen LogP contribution >= 0.6 is 0 Å². The lowest BCUT2D eigenvalue weighted by Crippen LogP contribution is -2.43. The first-order valence-corrected chi connectivity index (χ1v) is 8.84. The lowest BCUT2D eigenvalue weighted by atomic mass is 9.95. The summed E-state index contributed by atoms with van der Waals surface area (Å²) in [5, 5.41) is 0. The zero-order chi connectivity index (χ0) is 18.7. The van der Waals surface area contributed by atoms with Gasteiger partial charge in [0.25, 0.3) is 0 Å². The lowest BCUT2D eigenvalue weighted by Gasteiger charge is -2.32. The van der Waals surface area contributed by atoms with Gasteiger partial charge in [-0.3, -0.25) is 14.4 Å². The minimum Gasteiger partial charge on any atom is -0.497 e. The number of likely N-dealkylation sites (tertiary alicyclic amines) is 1. The van der Waals surface area contributed by atoms with Crippen LogP contribution in [-0.4, -0.2) is 56.5 Å². The van der Waals surface area contributed by atoms with Crippen LogP contribution in [0.4, 0.5) is 5.69 Å². The molecule has 0 unspecified atom stereocenters. The molecule has 26 heavy (non-hydrogen) atoms. The third-order valence-electron chi connectivity index (χ3n) is 5.18. The molecule has 2 amide bonds. The zero-order valence-electron chi connectivity index (χ0n) is 15.1. The highest BCUT2D eigenvalue weighted by atomic mass is 16.5. The Balaban J connectivity index is 1.61. The standard InChI is InChI=1S/C19H24N2O5/c1-25-16-5-3-4-15(11-16)21-12-14(10-17(21)22)18(23)20-8-6-13(7-9-20)19(24)26-2/h3-5,11,13-14H,6-10,12H2,1-2H3/t14-/m0/s1. The molecule has 3 rings (SSSR count). The van der Waals surface area contributed by atoms with Crippen LogP contribution in [0.3, 0.4) is 0 Å². The summed E-state index contributed by atoms with van der Waals surface area (Å²) in [7, 11) is 2.96. The first kappa shape index (κ1) is 18.2. The summed E-state index contributed by atoms with van der Waals surface area (Å²) >= 11 is 0. The topological polar surface area (TPSA) is 76.2 Å². The van der Waals surface area contributed by atoms with E-state index in [0.29, 0.717) is 38.2 Å². The van der Waals surface area contributed by atoms with Crippen molar-refractivity contribution in [1.29, 1.82) is 0 Å². The average molecular weight is 360 g/mol. The molecule has 0 bridgehead atoms. The second-order valence-electron chi connectivity index (χ2n) is 6.73. The van der Waals surface area contributed by atoms with Gasteiger partial charge in [-0.25, -0.2) is 0 Å². The number of carbonyl (C=O) groups excluding carboxylic acids is 3. The van der Waals surface area contributed by atoms with Gasteiger partial charge in [0.1, 0.15) is 5.75 Å². The van der Waals surface area contributed by atoms with Crippen molar-refractivity contribution in [3.8, 4) is 5.75 Å². The third kappa shape index (κ3) is 3.66. The Kier molecular flexibility index (Phi) is 5.44. The molecule has 2 aliphatic rings. The Labute approximate surface area is 152 Å². The number of rotatable bonds is 4. The molecule has 140 valence electrons. The van der Waals surface area contributed by atoms with E-state index < -0.39 is 0 Å². The molecule has 2 heterocycles. The number of hydrogen-bond donors (Lipinski definition) is 0. The molecule has 0 saturated carbocycles. The largest absolute Gasteiger partial charge is 0.497 e. The van der Waals surface area contributed by atoms with Crippen molar-refractivity contribution in [3.63, 3.8) is 0 Å². The molecule has 0 radical (unpaired) electrons. The van der Waals surface area contributed by atoms with Crippen molar-refractivity contribution in [2.75, 3.05) is 38.8 Å². The number of carbonyl (C=O) groups is 3. The Morgan fingerprint density at radius 1 is 1.12 bits per heavy atom. The number of nitrogens with zero attached hydrogens (tertiary/aromatic N) is 2. The van der Waals surface area contributed by atoms with Crippen molar-refractivity contribution >= 4 is 23.5 Å². The predicted octanol–water partition coefficient (Wildman–Crippen LogP) is 1.46. The van der Waals surface area contributed by atoms with Gasteiger partial charge in [0.05, 0.1) is 26.1 Å². The summed E-state index contributed by atoms with van der Waals surface area (Å²) in [4.78, 5) is 40.2. The minimum absolute atomic E-state index is 0.00735. The molecule has 1 atom stereocenters. The number of methoxy groups -OCH3 is 2. The normalized spacial score (nSPS) is 21.0. The minimum atomic E-state index is -0.344. The summed E-state index contributed by atoms with van der Waals surface area (Å²) in [6, 6.07) is 7.29. The van der Waals surface area contributed by atoms with Crippen LogP contribution in [0.1, 0.15) is 19.3 Å². The van der Waals surface area contributed by atoms with E-state index in [1.165, 1.54) is 7.11 Å². The molecule has 7 nitrogen and oxygen atoms in total. The second-order valence-corrected chi connectivity index (χ2v) is 6.73. The summed E-state index contributed by atoms with van der Waals surface area (Å²) in [6.45, 7) is 1.44. The molecule has 2 aliphatic heterocycles. The molecule has 1 aromatic carbocycles. The van der Waals surface area contributed by atoms with E-state index >= 15 is 0 Å². The number of hydrogen-bond acceptors (Lipinski definition) is 5. The first-order chi connectivity index (χ1) is 12.5. The van der Waals surface area contributed by atoms with Gasteiger partial charge >= 0.3 is 5.97 Å². The monoisotopic (exact) mass is 360 g/mol. The number of ether oxygens (including phenoxy) is 2. The SMILES string of the molecule is COC(=O)C1CCN(C(=O)[C@H]2CC(=O)N(c3cccc(OC)c3)C2)CC1. The van der Waals surface area contributed by atoms with Crippen LogP contribution < -0.4 is 9.64 Å². The van der Waals surface area contributed by atoms with Gasteiger partial charge in [0, 0.05) is 37.8 Å².